The first-order chi connectivity index (χ1) is 7.81. The van der Waals surface area contributed by atoms with E-state index in [9.17, 15) is 0 Å². The first-order valence-corrected chi connectivity index (χ1v) is 5.16. The molecular formula is C14H12N2. The highest BCUT2D eigenvalue weighted by Crippen LogP contribution is 2.09. The molecule has 0 amide bonds. The zero-order valence-corrected chi connectivity index (χ0v) is 9.09. The summed E-state index contributed by atoms with van der Waals surface area (Å²) in [6.45, 7) is 2.03. The summed E-state index contributed by atoms with van der Waals surface area (Å²) in [7, 11) is 0. The van der Waals surface area contributed by atoms with Crippen molar-refractivity contribution in [2.45, 2.75) is 6.92 Å². The summed E-state index contributed by atoms with van der Waals surface area (Å²) in [5.41, 5.74) is 12.7. The SMILES string of the molecule is Cc1ccc(C(=[N+]=[N-])c2ccccc2)cc1. The van der Waals surface area contributed by atoms with Crippen LogP contribution in [0.2, 0.25) is 0 Å². The summed E-state index contributed by atoms with van der Waals surface area (Å²) < 4.78 is 0. The van der Waals surface area contributed by atoms with E-state index in [1.807, 2.05) is 61.5 Å². The molecule has 0 saturated carbocycles. The molecule has 0 radical (unpaired) electrons. The molecular weight excluding hydrogens is 196 g/mol. The van der Waals surface area contributed by atoms with Gasteiger partial charge in [0.1, 0.15) is 0 Å². The lowest BCUT2D eigenvalue weighted by Gasteiger charge is -1.97. The summed E-state index contributed by atoms with van der Waals surface area (Å²) in [6.07, 6.45) is 0. The minimum absolute atomic E-state index is 0.598. The molecule has 0 aliphatic rings. The molecule has 2 heteroatoms. The standard InChI is InChI=1S/C14H12N2/c1-11-7-9-13(10-8-11)14(16-15)12-5-3-2-4-6-12/h2-10H,1H3. The number of benzene rings is 2. The van der Waals surface area contributed by atoms with E-state index in [1.165, 1.54) is 5.56 Å². The largest absolute Gasteiger partial charge is 0.361 e. The Morgan fingerprint density at radius 3 is 2.00 bits per heavy atom. The van der Waals surface area contributed by atoms with Gasteiger partial charge in [-0.15, -0.1) is 0 Å². The number of hydrogen-bond donors (Lipinski definition) is 0. The highest BCUT2D eigenvalue weighted by molar-refractivity contribution is 6.09. The van der Waals surface area contributed by atoms with Crippen molar-refractivity contribution < 1.29 is 4.79 Å². The van der Waals surface area contributed by atoms with Crippen LogP contribution in [0.4, 0.5) is 0 Å². The molecule has 2 aromatic carbocycles. The van der Waals surface area contributed by atoms with Crippen LogP contribution >= 0.6 is 0 Å². The Balaban J connectivity index is 2.46. The Labute approximate surface area is 94.8 Å². The van der Waals surface area contributed by atoms with Crippen molar-refractivity contribution in [1.82, 2.24) is 0 Å². The van der Waals surface area contributed by atoms with Crippen LogP contribution in [0, 0.1) is 6.92 Å². The second kappa shape index (κ2) is 4.56. The molecule has 16 heavy (non-hydrogen) atoms. The topological polar surface area (TPSA) is 36.4 Å². The fourth-order valence-corrected chi connectivity index (χ4v) is 1.59. The van der Waals surface area contributed by atoms with Crippen LogP contribution in [-0.2, 0) is 0 Å². The number of hydrogen-bond acceptors (Lipinski definition) is 0. The van der Waals surface area contributed by atoms with Gasteiger partial charge in [0, 0.05) is 0 Å². The van der Waals surface area contributed by atoms with Gasteiger partial charge in [-0.3, -0.25) is 0 Å². The molecule has 0 aliphatic carbocycles. The summed E-state index contributed by atoms with van der Waals surface area (Å²) in [5, 5.41) is 0. The van der Waals surface area contributed by atoms with Crippen LogP contribution in [0.5, 0.6) is 0 Å². The molecule has 0 unspecified atom stereocenters. The van der Waals surface area contributed by atoms with Gasteiger partial charge in [0.15, 0.2) is 0 Å². The van der Waals surface area contributed by atoms with Gasteiger partial charge in [0.2, 0.25) is 0 Å². The number of rotatable bonds is 2. The van der Waals surface area contributed by atoms with Crippen LogP contribution in [0.25, 0.3) is 5.53 Å². The fraction of sp³-hybridized carbons (Fsp3) is 0.0714. The lowest BCUT2D eigenvalue weighted by molar-refractivity contribution is -0.00279. The first kappa shape index (κ1) is 10.3. The van der Waals surface area contributed by atoms with Gasteiger partial charge < -0.3 is 5.53 Å². The normalized spacial score (nSPS) is 9.56. The highest BCUT2D eigenvalue weighted by atomic mass is 14.9. The average molecular weight is 208 g/mol. The second-order valence-corrected chi connectivity index (χ2v) is 3.68. The van der Waals surface area contributed by atoms with E-state index < -0.39 is 0 Å². The summed E-state index contributed by atoms with van der Waals surface area (Å²) >= 11 is 0. The predicted octanol–water partition coefficient (Wildman–Crippen LogP) is 3.06. The lowest BCUT2D eigenvalue weighted by Crippen LogP contribution is -2.03. The third-order valence-corrected chi connectivity index (χ3v) is 2.47. The third-order valence-electron chi connectivity index (χ3n) is 2.47. The van der Waals surface area contributed by atoms with Gasteiger partial charge in [-0.1, -0.05) is 35.9 Å². The molecule has 0 heterocycles. The van der Waals surface area contributed by atoms with E-state index in [4.69, 9.17) is 5.53 Å². The van der Waals surface area contributed by atoms with Crippen LogP contribution in [0.1, 0.15) is 16.7 Å². The van der Waals surface area contributed by atoms with E-state index in [1.54, 1.807) is 0 Å². The first-order valence-electron chi connectivity index (χ1n) is 5.16. The van der Waals surface area contributed by atoms with Crippen LogP contribution < -0.4 is 0 Å². The number of aryl methyl sites for hydroxylation is 1. The van der Waals surface area contributed by atoms with E-state index in [-0.39, 0.29) is 0 Å². The maximum atomic E-state index is 9.09. The Morgan fingerprint density at radius 2 is 1.44 bits per heavy atom. The van der Waals surface area contributed by atoms with Crippen molar-refractivity contribution >= 4 is 5.71 Å². The van der Waals surface area contributed by atoms with Crippen molar-refractivity contribution in [2.24, 2.45) is 0 Å². The highest BCUT2D eigenvalue weighted by Gasteiger charge is 2.13. The molecule has 0 aromatic heterocycles. The van der Waals surface area contributed by atoms with Crippen molar-refractivity contribution in [3.05, 3.63) is 76.8 Å². The molecule has 0 bridgehead atoms. The van der Waals surface area contributed by atoms with E-state index in [0.29, 0.717) is 5.71 Å². The Morgan fingerprint density at radius 1 is 0.875 bits per heavy atom. The van der Waals surface area contributed by atoms with E-state index >= 15 is 0 Å². The zero-order chi connectivity index (χ0) is 11.4. The Bertz CT molecular complexity index is 520. The van der Waals surface area contributed by atoms with Crippen molar-refractivity contribution in [3.8, 4) is 0 Å². The minimum atomic E-state index is 0.598. The van der Waals surface area contributed by atoms with Gasteiger partial charge in [0.25, 0.3) is 0 Å². The second-order valence-electron chi connectivity index (χ2n) is 3.68. The lowest BCUT2D eigenvalue weighted by atomic mass is 10.0. The average Bonchev–Trinajstić information content (AvgIpc) is 2.34. The summed E-state index contributed by atoms with van der Waals surface area (Å²) in [6, 6.07) is 17.6. The Kier molecular flexibility index (Phi) is 2.95. The van der Waals surface area contributed by atoms with Gasteiger partial charge in [-0.2, -0.15) is 4.79 Å². The molecule has 0 N–H and O–H groups in total. The van der Waals surface area contributed by atoms with Gasteiger partial charge in [0.05, 0.1) is 11.1 Å². The van der Waals surface area contributed by atoms with Gasteiger partial charge in [-0.25, -0.2) is 0 Å². The minimum Gasteiger partial charge on any atom is -0.361 e. The van der Waals surface area contributed by atoms with Crippen molar-refractivity contribution in [1.29, 1.82) is 0 Å². The summed E-state index contributed by atoms with van der Waals surface area (Å²) in [5.74, 6) is 0. The van der Waals surface area contributed by atoms with E-state index in [0.717, 1.165) is 11.1 Å². The van der Waals surface area contributed by atoms with Crippen molar-refractivity contribution in [2.75, 3.05) is 0 Å². The zero-order valence-electron chi connectivity index (χ0n) is 9.09. The molecule has 0 fully saturated rings. The smallest absolute Gasteiger partial charge is 0.329 e. The van der Waals surface area contributed by atoms with Gasteiger partial charge in [-0.05, 0) is 31.2 Å². The fourth-order valence-electron chi connectivity index (χ4n) is 1.59. The summed E-state index contributed by atoms with van der Waals surface area (Å²) in [4.78, 5) is 3.37. The Hall–Kier alpha value is -2.18. The van der Waals surface area contributed by atoms with Crippen LogP contribution in [0.3, 0.4) is 0 Å². The molecule has 78 valence electrons. The quantitative estimate of drug-likeness (QED) is 0.413. The van der Waals surface area contributed by atoms with Crippen LogP contribution in [-0.4, -0.2) is 10.5 Å². The maximum absolute atomic E-state index is 9.09. The molecule has 0 saturated heterocycles. The van der Waals surface area contributed by atoms with Gasteiger partial charge >= 0.3 is 5.71 Å². The molecule has 0 atom stereocenters. The van der Waals surface area contributed by atoms with Crippen molar-refractivity contribution in [3.63, 3.8) is 0 Å². The predicted molar refractivity (Wildman–Crippen MR) is 64.5 cm³/mol. The van der Waals surface area contributed by atoms with Crippen LogP contribution in [0.15, 0.2) is 54.6 Å². The molecule has 0 spiro atoms. The monoisotopic (exact) mass is 208 g/mol. The number of nitrogens with zero attached hydrogens (tertiary/aromatic N) is 2. The molecule has 2 aromatic rings. The molecule has 2 nitrogen and oxygen atoms in total. The molecule has 2 rings (SSSR count). The third kappa shape index (κ3) is 2.08. The maximum Gasteiger partial charge on any atom is 0.329 e. The molecule has 0 aliphatic heterocycles. The van der Waals surface area contributed by atoms with E-state index in [2.05, 4.69) is 4.79 Å².